The van der Waals surface area contributed by atoms with Gasteiger partial charge in [0, 0.05) is 36.7 Å². The number of hydrogen-bond donors (Lipinski definition) is 3. The summed E-state index contributed by atoms with van der Waals surface area (Å²) in [6.07, 6.45) is 3.32. The molecule has 1 atom stereocenters. The fraction of sp³-hybridized carbons (Fsp3) is 0.500. The van der Waals surface area contributed by atoms with Crippen LogP contribution in [0.1, 0.15) is 38.0 Å². The van der Waals surface area contributed by atoms with Gasteiger partial charge in [-0.3, -0.25) is 0 Å². The van der Waals surface area contributed by atoms with Gasteiger partial charge in [-0.15, -0.1) is 24.0 Å². The van der Waals surface area contributed by atoms with Gasteiger partial charge in [0.2, 0.25) is 0 Å². The minimum Gasteiger partial charge on any atom is -0.466 e. The van der Waals surface area contributed by atoms with Crippen LogP contribution in [0.2, 0.25) is 5.02 Å². The number of aliphatic hydroxyl groups is 1. The summed E-state index contributed by atoms with van der Waals surface area (Å²) in [6, 6.07) is 11.5. The Kier molecular flexibility index (Phi) is 9.46. The van der Waals surface area contributed by atoms with Gasteiger partial charge in [-0.05, 0) is 50.5 Å². The highest BCUT2D eigenvalue weighted by Crippen LogP contribution is 2.38. The standard InChI is InChI=1S/C22H30ClN3O3.HI/c1-3-24-20(25-15-21(2,27)19-9-6-12-29-19)26-16-22(10-13-28-14-11-22)17-7-4-5-8-18(17)23;/h4-9,12,27H,3,10-11,13-16H2,1-2H3,(H2,24,25,26);1H. The zero-order valence-electron chi connectivity index (χ0n) is 17.5. The van der Waals surface area contributed by atoms with Crippen molar-refractivity contribution >= 4 is 41.5 Å². The maximum absolute atomic E-state index is 10.7. The largest absolute Gasteiger partial charge is 0.466 e. The van der Waals surface area contributed by atoms with Gasteiger partial charge in [0.05, 0.1) is 12.8 Å². The number of nitrogens with one attached hydrogen (secondary N) is 2. The van der Waals surface area contributed by atoms with E-state index in [1.165, 1.54) is 0 Å². The normalized spacial score (nSPS) is 18.2. The molecule has 2 heterocycles. The Balaban J connectivity index is 0.00000320. The molecule has 1 aromatic heterocycles. The average Bonchev–Trinajstić information content (AvgIpc) is 3.27. The second-order valence-corrected chi connectivity index (χ2v) is 8.08. The predicted molar refractivity (Wildman–Crippen MR) is 131 cm³/mol. The first kappa shape index (κ1) is 25.0. The summed E-state index contributed by atoms with van der Waals surface area (Å²) in [5.41, 5.74) is -0.169. The Bertz CT molecular complexity index is 806. The van der Waals surface area contributed by atoms with Crippen LogP contribution < -0.4 is 10.6 Å². The summed E-state index contributed by atoms with van der Waals surface area (Å²) in [5, 5.41) is 18.2. The van der Waals surface area contributed by atoms with E-state index in [4.69, 9.17) is 20.8 Å². The van der Waals surface area contributed by atoms with Crippen molar-refractivity contribution in [2.75, 3.05) is 32.8 Å². The summed E-state index contributed by atoms with van der Waals surface area (Å²) < 4.78 is 11.0. The second-order valence-electron chi connectivity index (χ2n) is 7.67. The van der Waals surface area contributed by atoms with Gasteiger partial charge in [-0.25, -0.2) is 4.99 Å². The molecule has 0 saturated carbocycles. The van der Waals surface area contributed by atoms with E-state index < -0.39 is 5.60 Å². The Morgan fingerprint density at radius 2 is 1.93 bits per heavy atom. The first-order valence-corrected chi connectivity index (χ1v) is 10.5. The third-order valence-electron chi connectivity index (χ3n) is 5.43. The molecular formula is C22H31ClIN3O3. The molecule has 8 heteroatoms. The molecular weight excluding hydrogens is 517 g/mol. The summed E-state index contributed by atoms with van der Waals surface area (Å²) in [4.78, 5) is 4.59. The quantitative estimate of drug-likeness (QED) is 0.277. The van der Waals surface area contributed by atoms with Gasteiger partial charge < -0.3 is 24.9 Å². The van der Waals surface area contributed by atoms with E-state index >= 15 is 0 Å². The number of rotatable bonds is 7. The maximum Gasteiger partial charge on any atom is 0.191 e. The number of aliphatic imine (C=N–C) groups is 1. The number of ether oxygens (including phenoxy) is 1. The van der Waals surface area contributed by atoms with E-state index in [0.717, 1.165) is 30.0 Å². The van der Waals surface area contributed by atoms with E-state index in [9.17, 15) is 5.11 Å². The SMILES string of the molecule is CCNC(=NCC(C)(O)c1ccco1)NCC1(c2ccccc2Cl)CCOCC1.I. The van der Waals surface area contributed by atoms with Crippen LogP contribution in [0, 0.1) is 0 Å². The Hall–Kier alpha value is -1.29. The van der Waals surface area contributed by atoms with Gasteiger partial charge >= 0.3 is 0 Å². The number of nitrogens with zero attached hydrogens (tertiary/aromatic N) is 1. The van der Waals surface area contributed by atoms with Crippen molar-refractivity contribution in [2.24, 2.45) is 4.99 Å². The molecule has 1 aliphatic rings. The highest BCUT2D eigenvalue weighted by atomic mass is 127. The molecule has 2 aromatic rings. The lowest BCUT2D eigenvalue weighted by Crippen LogP contribution is -2.48. The van der Waals surface area contributed by atoms with E-state index in [-0.39, 0.29) is 35.9 Å². The van der Waals surface area contributed by atoms with Crippen LogP contribution in [0.3, 0.4) is 0 Å². The highest BCUT2D eigenvalue weighted by molar-refractivity contribution is 14.0. The molecule has 0 radical (unpaired) electrons. The summed E-state index contributed by atoms with van der Waals surface area (Å²) in [5.74, 6) is 1.14. The van der Waals surface area contributed by atoms with Gasteiger partial charge in [0.25, 0.3) is 0 Å². The number of benzene rings is 1. The minimum atomic E-state index is -1.18. The minimum absolute atomic E-state index is 0. The molecule has 0 amide bonds. The molecule has 3 N–H and O–H groups in total. The number of furan rings is 1. The van der Waals surface area contributed by atoms with Crippen LogP contribution in [0.4, 0.5) is 0 Å². The molecule has 1 saturated heterocycles. The molecule has 0 bridgehead atoms. The average molecular weight is 548 g/mol. The predicted octanol–water partition coefficient (Wildman–Crippen LogP) is 4.06. The van der Waals surface area contributed by atoms with E-state index in [2.05, 4.69) is 21.7 Å². The molecule has 3 rings (SSSR count). The van der Waals surface area contributed by atoms with Crippen LogP contribution in [0.15, 0.2) is 52.1 Å². The van der Waals surface area contributed by atoms with Crippen molar-refractivity contribution in [2.45, 2.75) is 37.7 Å². The lowest BCUT2D eigenvalue weighted by molar-refractivity contribution is 0.0435. The Labute approximate surface area is 200 Å². The first-order chi connectivity index (χ1) is 14.0. The maximum atomic E-state index is 10.7. The van der Waals surface area contributed by atoms with E-state index in [1.807, 2.05) is 25.1 Å². The van der Waals surface area contributed by atoms with E-state index in [1.54, 1.807) is 25.3 Å². The van der Waals surface area contributed by atoms with Crippen molar-refractivity contribution in [3.05, 3.63) is 59.0 Å². The van der Waals surface area contributed by atoms with Gasteiger partial charge in [0.15, 0.2) is 5.96 Å². The zero-order chi connectivity index (χ0) is 20.7. The number of guanidine groups is 1. The summed E-state index contributed by atoms with van der Waals surface area (Å²) in [6.45, 7) is 6.69. The fourth-order valence-electron chi connectivity index (χ4n) is 3.69. The van der Waals surface area contributed by atoms with Crippen molar-refractivity contribution in [1.29, 1.82) is 0 Å². The van der Waals surface area contributed by atoms with Crippen LogP contribution in [-0.2, 0) is 15.8 Å². The first-order valence-electron chi connectivity index (χ1n) is 10.1. The van der Waals surface area contributed by atoms with Crippen LogP contribution in [-0.4, -0.2) is 43.9 Å². The van der Waals surface area contributed by atoms with Crippen molar-refractivity contribution in [1.82, 2.24) is 10.6 Å². The monoisotopic (exact) mass is 547 g/mol. The molecule has 1 aliphatic heterocycles. The number of halogens is 2. The van der Waals surface area contributed by atoms with Crippen molar-refractivity contribution in [3.8, 4) is 0 Å². The third kappa shape index (κ3) is 6.12. The number of hydrogen-bond acceptors (Lipinski definition) is 4. The van der Waals surface area contributed by atoms with Gasteiger partial charge in [-0.1, -0.05) is 29.8 Å². The van der Waals surface area contributed by atoms with E-state index in [0.29, 0.717) is 31.5 Å². The Morgan fingerprint density at radius 3 is 2.57 bits per heavy atom. The van der Waals surface area contributed by atoms with Gasteiger partial charge in [0.1, 0.15) is 11.4 Å². The smallest absolute Gasteiger partial charge is 0.191 e. The molecule has 166 valence electrons. The Morgan fingerprint density at radius 1 is 1.20 bits per heavy atom. The summed E-state index contributed by atoms with van der Waals surface area (Å²) >= 11 is 6.54. The topological polar surface area (TPSA) is 79.0 Å². The molecule has 1 fully saturated rings. The highest BCUT2D eigenvalue weighted by Gasteiger charge is 2.36. The molecule has 0 aliphatic carbocycles. The lowest BCUT2D eigenvalue weighted by atomic mass is 9.74. The van der Waals surface area contributed by atoms with Crippen molar-refractivity contribution in [3.63, 3.8) is 0 Å². The molecule has 1 aromatic carbocycles. The molecule has 6 nitrogen and oxygen atoms in total. The molecule has 1 unspecified atom stereocenters. The van der Waals surface area contributed by atoms with Crippen molar-refractivity contribution < 1.29 is 14.3 Å². The zero-order valence-corrected chi connectivity index (χ0v) is 20.6. The van der Waals surface area contributed by atoms with Gasteiger partial charge in [-0.2, -0.15) is 0 Å². The molecule has 30 heavy (non-hydrogen) atoms. The summed E-state index contributed by atoms with van der Waals surface area (Å²) in [7, 11) is 0. The third-order valence-corrected chi connectivity index (χ3v) is 5.76. The van der Waals surface area contributed by atoms with Crippen LogP contribution >= 0.6 is 35.6 Å². The fourth-order valence-corrected chi connectivity index (χ4v) is 4.02. The van der Waals surface area contributed by atoms with Crippen LogP contribution in [0.25, 0.3) is 0 Å². The second kappa shape index (κ2) is 11.4. The lowest BCUT2D eigenvalue weighted by Gasteiger charge is -2.38. The van der Waals surface area contributed by atoms with Crippen LogP contribution in [0.5, 0.6) is 0 Å². The molecule has 0 spiro atoms.